The Morgan fingerprint density at radius 1 is 1.07 bits per heavy atom. The Morgan fingerprint density at radius 2 is 1.86 bits per heavy atom. The zero-order valence-corrected chi connectivity index (χ0v) is 16.9. The molecule has 1 heterocycles. The SMILES string of the molecule is Cc1cc(C=Nc2ccc(O)c(-c3nc4ccccc4o3)c2)c(O)c(Br)c1C. The van der Waals surface area contributed by atoms with Crippen molar-refractivity contribution in [1.82, 2.24) is 4.98 Å². The molecule has 0 fully saturated rings. The molecule has 140 valence electrons. The maximum absolute atomic E-state index is 10.3. The summed E-state index contributed by atoms with van der Waals surface area (Å²) in [6, 6.07) is 14.2. The van der Waals surface area contributed by atoms with Gasteiger partial charge in [0.05, 0.1) is 15.7 Å². The third kappa shape index (κ3) is 3.27. The highest BCUT2D eigenvalue weighted by Crippen LogP contribution is 2.35. The topological polar surface area (TPSA) is 78.9 Å². The molecule has 0 spiro atoms. The molecule has 0 aliphatic carbocycles. The van der Waals surface area contributed by atoms with Crippen LogP contribution in [-0.2, 0) is 0 Å². The van der Waals surface area contributed by atoms with Crippen LogP contribution in [0.1, 0.15) is 16.7 Å². The summed E-state index contributed by atoms with van der Waals surface area (Å²) in [7, 11) is 0. The van der Waals surface area contributed by atoms with Gasteiger partial charge in [0.1, 0.15) is 17.0 Å². The molecular weight excluding hydrogens is 420 g/mol. The van der Waals surface area contributed by atoms with Crippen molar-refractivity contribution < 1.29 is 14.6 Å². The molecule has 0 atom stereocenters. The van der Waals surface area contributed by atoms with E-state index in [0.717, 1.165) is 16.6 Å². The Hall–Kier alpha value is -3.12. The van der Waals surface area contributed by atoms with Crippen molar-refractivity contribution in [1.29, 1.82) is 0 Å². The minimum Gasteiger partial charge on any atom is -0.507 e. The smallest absolute Gasteiger partial charge is 0.231 e. The van der Waals surface area contributed by atoms with Crippen molar-refractivity contribution in [3.63, 3.8) is 0 Å². The van der Waals surface area contributed by atoms with Crippen molar-refractivity contribution >= 4 is 38.9 Å². The van der Waals surface area contributed by atoms with Crippen LogP contribution in [0.2, 0.25) is 0 Å². The number of fused-ring (bicyclic) bond motifs is 1. The van der Waals surface area contributed by atoms with Gasteiger partial charge in [0.15, 0.2) is 5.58 Å². The fourth-order valence-electron chi connectivity index (χ4n) is 2.89. The minimum atomic E-state index is 0.0577. The molecule has 6 heteroatoms. The minimum absolute atomic E-state index is 0.0577. The van der Waals surface area contributed by atoms with E-state index in [9.17, 15) is 10.2 Å². The number of rotatable bonds is 3. The van der Waals surface area contributed by atoms with E-state index in [1.807, 2.05) is 44.2 Å². The molecule has 0 radical (unpaired) electrons. The number of halogens is 1. The normalized spacial score (nSPS) is 11.5. The second-order valence-corrected chi connectivity index (χ2v) is 7.31. The molecule has 0 aliphatic rings. The number of para-hydroxylation sites is 2. The summed E-state index contributed by atoms with van der Waals surface area (Å²) in [5.41, 5.74) is 5.06. The maximum atomic E-state index is 10.3. The lowest BCUT2D eigenvalue weighted by molar-refractivity contribution is 0.470. The van der Waals surface area contributed by atoms with Crippen molar-refractivity contribution in [3.05, 3.63) is 69.7 Å². The molecule has 1 aromatic heterocycles. The Morgan fingerprint density at radius 3 is 2.64 bits per heavy atom. The van der Waals surface area contributed by atoms with Gasteiger partial charge in [-0.2, -0.15) is 0 Å². The number of oxazole rings is 1. The predicted molar refractivity (Wildman–Crippen MR) is 114 cm³/mol. The molecular formula is C22H17BrN2O3. The van der Waals surface area contributed by atoms with Crippen molar-refractivity contribution in [2.75, 3.05) is 0 Å². The van der Waals surface area contributed by atoms with Crippen molar-refractivity contribution in [3.8, 4) is 23.0 Å². The van der Waals surface area contributed by atoms with Gasteiger partial charge in [-0.3, -0.25) is 4.99 Å². The number of aliphatic imine (C=N–C) groups is 1. The van der Waals surface area contributed by atoms with E-state index in [1.165, 1.54) is 0 Å². The monoisotopic (exact) mass is 436 g/mol. The lowest BCUT2D eigenvalue weighted by Gasteiger charge is -2.08. The van der Waals surface area contributed by atoms with E-state index < -0.39 is 0 Å². The molecule has 2 N–H and O–H groups in total. The van der Waals surface area contributed by atoms with E-state index in [1.54, 1.807) is 24.4 Å². The molecule has 0 bridgehead atoms. The molecule has 0 saturated carbocycles. The number of benzene rings is 3. The van der Waals surface area contributed by atoms with Gasteiger partial charge in [0.25, 0.3) is 0 Å². The van der Waals surface area contributed by atoms with E-state index >= 15 is 0 Å². The summed E-state index contributed by atoms with van der Waals surface area (Å²) in [5, 5.41) is 20.6. The fourth-order valence-corrected chi connectivity index (χ4v) is 3.43. The van der Waals surface area contributed by atoms with Gasteiger partial charge in [-0.05, 0) is 77.3 Å². The summed E-state index contributed by atoms with van der Waals surface area (Å²) >= 11 is 3.41. The second-order valence-electron chi connectivity index (χ2n) is 6.52. The lowest BCUT2D eigenvalue weighted by atomic mass is 10.1. The van der Waals surface area contributed by atoms with Gasteiger partial charge in [-0.25, -0.2) is 4.98 Å². The second kappa shape index (κ2) is 7.13. The third-order valence-corrected chi connectivity index (χ3v) is 5.60. The Kier molecular flexibility index (Phi) is 4.65. The summed E-state index contributed by atoms with van der Waals surface area (Å²) in [5.74, 6) is 0.527. The molecule has 0 saturated heterocycles. The van der Waals surface area contributed by atoms with E-state index in [2.05, 4.69) is 25.9 Å². The van der Waals surface area contributed by atoms with Gasteiger partial charge in [0.2, 0.25) is 5.89 Å². The van der Waals surface area contributed by atoms with Crippen LogP contribution >= 0.6 is 15.9 Å². The quantitative estimate of drug-likeness (QED) is 0.383. The van der Waals surface area contributed by atoms with Crippen LogP contribution in [0.15, 0.2) is 62.4 Å². The Labute approximate surface area is 170 Å². The van der Waals surface area contributed by atoms with Gasteiger partial charge < -0.3 is 14.6 Å². The van der Waals surface area contributed by atoms with Gasteiger partial charge in [0, 0.05) is 11.8 Å². The lowest BCUT2D eigenvalue weighted by Crippen LogP contribution is -1.90. The number of hydrogen-bond acceptors (Lipinski definition) is 5. The predicted octanol–water partition coefficient (Wildman–Crippen LogP) is 6.04. The summed E-state index contributed by atoms with van der Waals surface area (Å²) < 4.78 is 6.41. The Balaban J connectivity index is 1.72. The van der Waals surface area contributed by atoms with Crippen LogP contribution < -0.4 is 0 Å². The zero-order chi connectivity index (χ0) is 19.8. The highest BCUT2D eigenvalue weighted by molar-refractivity contribution is 9.10. The summed E-state index contributed by atoms with van der Waals surface area (Å²) in [6.45, 7) is 3.91. The number of hydrogen-bond donors (Lipinski definition) is 2. The van der Waals surface area contributed by atoms with Crippen LogP contribution in [0.5, 0.6) is 11.5 Å². The first-order chi connectivity index (χ1) is 13.4. The van der Waals surface area contributed by atoms with Crippen LogP contribution in [0.4, 0.5) is 5.69 Å². The number of aromatic nitrogens is 1. The van der Waals surface area contributed by atoms with Crippen LogP contribution in [-0.4, -0.2) is 21.4 Å². The number of aromatic hydroxyl groups is 2. The third-order valence-electron chi connectivity index (χ3n) is 4.63. The molecule has 4 rings (SSSR count). The van der Waals surface area contributed by atoms with Gasteiger partial charge in [-0.1, -0.05) is 12.1 Å². The molecule has 0 unspecified atom stereocenters. The first kappa shape index (κ1) is 18.3. The van der Waals surface area contributed by atoms with Crippen molar-refractivity contribution in [2.45, 2.75) is 13.8 Å². The standard InChI is InChI=1S/C22H17BrN2O3/c1-12-9-14(21(27)20(23)13(12)2)11-24-15-7-8-18(26)16(10-15)22-25-17-5-3-4-6-19(17)28-22/h3-11,26-27H,1-2H3. The van der Waals surface area contributed by atoms with Crippen LogP contribution in [0.25, 0.3) is 22.6 Å². The highest BCUT2D eigenvalue weighted by Gasteiger charge is 2.13. The van der Waals surface area contributed by atoms with E-state index in [0.29, 0.717) is 32.8 Å². The average molecular weight is 437 g/mol. The molecule has 0 amide bonds. The highest BCUT2D eigenvalue weighted by atomic mass is 79.9. The molecule has 0 aliphatic heterocycles. The Bertz CT molecular complexity index is 1200. The molecule has 28 heavy (non-hydrogen) atoms. The number of phenols is 2. The van der Waals surface area contributed by atoms with Crippen LogP contribution in [0.3, 0.4) is 0 Å². The molecule has 4 aromatic rings. The van der Waals surface area contributed by atoms with E-state index in [-0.39, 0.29) is 11.5 Å². The number of phenolic OH excluding ortho intramolecular Hbond substituents is 2. The maximum Gasteiger partial charge on any atom is 0.231 e. The summed E-state index contributed by atoms with van der Waals surface area (Å²) in [6.07, 6.45) is 1.59. The zero-order valence-electron chi connectivity index (χ0n) is 15.3. The van der Waals surface area contributed by atoms with Crippen molar-refractivity contribution in [2.24, 2.45) is 4.99 Å². The van der Waals surface area contributed by atoms with Gasteiger partial charge >= 0.3 is 0 Å². The van der Waals surface area contributed by atoms with Gasteiger partial charge in [-0.15, -0.1) is 0 Å². The molecule has 5 nitrogen and oxygen atoms in total. The fraction of sp³-hybridized carbons (Fsp3) is 0.0909. The van der Waals surface area contributed by atoms with Crippen LogP contribution in [0, 0.1) is 13.8 Å². The first-order valence-electron chi connectivity index (χ1n) is 8.65. The molecule has 3 aromatic carbocycles. The number of nitrogens with zero attached hydrogens (tertiary/aromatic N) is 2. The number of aryl methyl sites for hydroxylation is 1. The van der Waals surface area contributed by atoms with E-state index in [4.69, 9.17) is 4.42 Å². The average Bonchev–Trinajstić information content (AvgIpc) is 3.13. The largest absolute Gasteiger partial charge is 0.507 e. The summed E-state index contributed by atoms with van der Waals surface area (Å²) in [4.78, 5) is 8.87. The first-order valence-corrected chi connectivity index (χ1v) is 9.45.